The molecular formula is C46H52N4O10S4. The highest BCUT2D eigenvalue weighted by molar-refractivity contribution is 8.19. The highest BCUT2D eigenvalue weighted by Crippen LogP contribution is 2.61. The molecule has 18 heteroatoms. The fraction of sp³-hybridized carbons (Fsp3) is 0.391. The molecule has 0 saturated carbocycles. The molecule has 64 heavy (non-hydrogen) atoms. The Balaban J connectivity index is 0.000000211. The van der Waals surface area contributed by atoms with Crippen LogP contribution in [0, 0.1) is 0 Å². The molecule has 10 rings (SSSR count). The predicted molar refractivity (Wildman–Crippen MR) is 249 cm³/mol. The molecular weight excluding hydrogens is 897 g/mol. The molecule has 0 aromatic heterocycles. The molecule has 4 N–H and O–H groups in total. The smallest absolute Gasteiger partial charge is 0.262 e. The second-order valence-corrected chi connectivity index (χ2v) is 21.9. The van der Waals surface area contributed by atoms with Crippen LogP contribution in [0.15, 0.2) is 109 Å². The zero-order valence-corrected chi connectivity index (χ0v) is 39.1. The average molecular weight is 949 g/mol. The van der Waals surface area contributed by atoms with E-state index < -0.39 is 44.5 Å². The van der Waals surface area contributed by atoms with Crippen LogP contribution in [0.1, 0.15) is 42.5 Å². The summed E-state index contributed by atoms with van der Waals surface area (Å²) in [4.78, 5) is 54.5. The zero-order valence-electron chi connectivity index (χ0n) is 35.9. The quantitative estimate of drug-likeness (QED) is 0.140. The Morgan fingerprint density at radius 3 is 1.05 bits per heavy atom. The number of rotatable bonds is 14. The van der Waals surface area contributed by atoms with Crippen molar-refractivity contribution in [1.82, 2.24) is 19.6 Å². The fourth-order valence-corrected chi connectivity index (χ4v) is 15.2. The SMILES string of the molecule is CN1C(=O)[C@]2(CO)SC(c3ccc(CO)cc3)S[C@@]1(CO)C(=O)N2C.CN1C(=O)[C@]2(COCc3ccccc3)SC(c3ccc(CO)cc3)S[C@@]1(COCc1ccccc1)C(=O)N2C. The number of piperazine rings is 2. The molecule has 14 nitrogen and oxygen atoms in total. The molecule has 4 bridgehead atoms. The van der Waals surface area contributed by atoms with Gasteiger partial charge in [0.1, 0.15) is 0 Å². The van der Waals surface area contributed by atoms with Crippen molar-refractivity contribution >= 4 is 70.7 Å². The first-order chi connectivity index (χ1) is 30.8. The van der Waals surface area contributed by atoms with E-state index in [4.69, 9.17) is 9.47 Å². The van der Waals surface area contributed by atoms with Gasteiger partial charge in [-0.1, -0.05) is 109 Å². The first-order valence-electron chi connectivity index (χ1n) is 20.4. The van der Waals surface area contributed by atoms with Crippen molar-refractivity contribution in [2.45, 2.75) is 55.1 Å². The molecule has 4 atom stereocenters. The molecule has 6 heterocycles. The Labute approximate surface area is 389 Å². The molecule has 6 fully saturated rings. The molecule has 4 amide bonds. The topological polar surface area (TPSA) is 181 Å². The van der Waals surface area contributed by atoms with E-state index in [9.17, 15) is 39.6 Å². The Morgan fingerprint density at radius 1 is 0.438 bits per heavy atom. The summed E-state index contributed by atoms with van der Waals surface area (Å²) >= 11 is 5.26. The molecule has 0 spiro atoms. The van der Waals surface area contributed by atoms with Gasteiger partial charge in [-0.2, -0.15) is 0 Å². The van der Waals surface area contributed by atoms with Crippen LogP contribution in [0.2, 0.25) is 0 Å². The van der Waals surface area contributed by atoms with Crippen molar-refractivity contribution in [2.24, 2.45) is 0 Å². The van der Waals surface area contributed by atoms with E-state index in [-0.39, 0.29) is 47.4 Å². The normalized spacial score (nSPS) is 27.7. The number of carbonyl (C=O) groups is 4. The van der Waals surface area contributed by atoms with Crippen LogP contribution in [-0.2, 0) is 55.1 Å². The fourth-order valence-electron chi connectivity index (χ4n) is 7.96. The second kappa shape index (κ2) is 19.8. The average Bonchev–Trinajstić information content (AvgIpc) is 3.60. The third-order valence-corrected chi connectivity index (χ3v) is 19.0. The van der Waals surface area contributed by atoms with Crippen molar-refractivity contribution in [2.75, 3.05) is 54.6 Å². The number of hydrogen-bond donors (Lipinski definition) is 4. The van der Waals surface area contributed by atoms with Gasteiger partial charge in [0.05, 0.1) is 62.0 Å². The zero-order chi connectivity index (χ0) is 45.9. The molecule has 4 aromatic rings. The van der Waals surface area contributed by atoms with Crippen LogP contribution >= 0.6 is 47.0 Å². The molecule has 6 aliphatic rings. The molecule has 6 saturated heterocycles. The van der Waals surface area contributed by atoms with E-state index in [0.29, 0.717) is 13.2 Å². The first-order valence-corrected chi connectivity index (χ1v) is 24.0. The van der Waals surface area contributed by atoms with Crippen molar-refractivity contribution in [3.63, 3.8) is 0 Å². The molecule has 0 unspecified atom stereocenters. The molecule has 0 radical (unpaired) electrons. The van der Waals surface area contributed by atoms with Crippen LogP contribution in [0.25, 0.3) is 0 Å². The number of benzene rings is 4. The number of likely N-dealkylation sites (N-methyl/N-ethyl adjacent to an activating group) is 4. The maximum absolute atomic E-state index is 14.2. The Kier molecular flexibility index (Phi) is 14.8. The lowest BCUT2D eigenvalue weighted by atomic mass is 10.1. The summed E-state index contributed by atoms with van der Waals surface area (Å²) in [5.74, 6) is -1.18. The van der Waals surface area contributed by atoms with Crippen molar-refractivity contribution < 1.29 is 49.1 Å². The highest BCUT2D eigenvalue weighted by atomic mass is 32.2. The van der Waals surface area contributed by atoms with Crippen LogP contribution in [0.3, 0.4) is 0 Å². The minimum Gasteiger partial charge on any atom is -0.392 e. The van der Waals surface area contributed by atoms with E-state index in [1.807, 2.05) is 97.1 Å². The van der Waals surface area contributed by atoms with Gasteiger partial charge in [0, 0.05) is 28.2 Å². The van der Waals surface area contributed by atoms with Gasteiger partial charge in [0.15, 0.2) is 19.5 Å². The number of thioether (sulfide) groups is 4. The lowest BCUT2D eigenvalue weighted by molar-refractivity contribution is -0.169. The van der Waals surface area contributed by atoms with Crippen LogP contribution in [0.4, 0.5) is 0 Å². The van der Waals surface area contributed by atoms with E-state index in [1.165, 1.54) is 70.9 Å². The van der Waals surface area contributed by atoms with E-state index in [2.05, 4.69) is 0 Å². The lowest BCUT2D eigenvalue weighted by Crippen LogP contribution is -2.73. The maximum Gasteiger partial charge on any atom is 0.262 e. The van der Waals surface area contributed by atoms with E-state index in [1.54, 1.807) is 36.0 Å². The van der Waals surface area contributed by atoms with Crippen molar-refractivity contribution in [3.05, 3.63) is 143 Å². The first kappa shape index (κ1) is 47.9. The van der Waals surface area contributed by atoms with Gasteiger partial charge in [-0.05, 0) is 33.4 Å². The standard InChI is InChI=1S/C30H32N2O5S2.C16H20N2O5S2/c1-31-27(34)30(21-37-19-24-11-7-4-8-12-24)32(2)28(35)29(31,20-36-18-23-9-5-3-6-10-23)38-26(39-30)25-15-13-22(17-33)14-16-25;1-17-13(22)16(9-21)18(2)14(23)15(17,8-20)24-12(25-16)11-5-3-10(7-19)4-6-11/h3-16,26,33H,17-21H2,1-2H3;3-6,12,19-21H,7-9H2,1-2H3/t29-,30-;15-,16-/m00/s1. The summed E-state index contributed by atoms with van der Waals surface area (Å²) in [7, 11) is 6.35. The highest BCUT2D eigenvalue weighted by Gasteiger charge is 2.67. The van der Waals surface area contributed by atoms with Gasteiger partial charge in [-0.3, -0.25) is 19.2 Å². The molecule has 340 valence electrons. The van der Waals surface area contributed by atoms with Crippen LogP contribution in [-0.4, -0.2) is 138 Å². The lowest BCUT2D eigenvalue weighted by Gasteiger charge is -2.50. The number of hydrogen-bond acceptors (Lipinski definition) is 14. The van der Waals surface area contributed by atoms with Gasteiger partial charge >= 0.3 is 0 Å². The summed E-state index contributed by atoms with van der Waals surface area (Å²) in [6, 6.07) is 34.4. The Morgan fingerprint density at radius 2 is 0.734 bits per heavy atom. The minimum absolute atomic E-state index is 0.0463. The van der Waals surface area contributed by atoms with Gasteiger partial charge in [-0.25, -0.2) is 0 Å². The van der Waals surface area contributed by atoms with Crippen molar-refractivity contribution in [3.8, 4) is 0 Å². The molecule has 4 aromatic carbocycles. The molecule has 0 aliphatic carbocycles. The minimum atomic E-state index is -1.42. The van der Waals surface area contributed by atoms with Crippen LogP contribution in [0.5, 0.6) is 0 Å². The van der Waals surface area contributed by atoms with Gasteiger partial charge in [0.2, 0.25) is 0 Å². The predicted octanol–water partition coefficient (Wildman–Crippen LogP) is 4.38. The van der Waals surface area contributed by atoms with E-state index in [0.717, 1.165) is 33.4 Å². The Hall–Kier alpha value is -4.08. The summed E-state index contributed by atoms with van der Waals surface area (Å²) < 4.78 is 11.6. The number of aliphatic hydroxyl groups is 4. The van der Waals surface area contributed by atoms with Crippen molar-refractivity contribution in [1.29, 1.82) is 0 Å². The van der Waals surface area contributed by atoms with Gasteiger partial charge < -0.3 is 49.5 Å². The number of fused-ring (bicyclic) bond motifs is 8. The largest absolute Gasteiger partial charge is 0.392 e. The number of carbonyl (C=O) groups excluding carboxylic acids is 4. The van der Waals surface area contributed by atoms with Crippen LogP contribution < -0.4 is 0 Å². The number of ether oxygens (including phenoxy) is 2. The number of nitrogens with zero attached hydrogens (tertiary/aromatic N) is 4. The summed E-state index contributed by atoms with van der Waals surface area (Å²) in [6.07, 6.45) is 0. The number of amides is 4. The third-order valence-electron chi connectivity index (χ3n) is 12.0. The third kappa shape index (κ3) is 8.58. The summed E-state index contributed by atoms with van der Waals surface area (Å²) in [5, 5.41) is 38.7. The monoisotopic (exact) mass is 948 g/mol. The summed E-state index contributed by atoms with van der Waals surface area (Å²) in [6.45, 7) is -0.410. The van der Waals surface area contributed by atoms with Gasteiger partial charge in [0.25, 0.3) is 23.6 Å². The molecule has 6 aliphatic heterocycles. The summed E-state index contributed by atoms with van der Waals surface area (Å²) in [5.41, 5.74) is 5.33. The Bertz CT molecular complexity index is 2190. The second-order valence-electron chi connectivity index (χ2n) is 15.8. The maximum atomic E-state index is 14.2. The van der Waals surface area contributed by atoms with Gasteiger partial charge in [-0.15, -0.1) is 47.0 Å². The number of aliphatic hydroxyl groups excluding tert-OH is 4. The van der Waals surface area contributed by atoms with E-state index >= 15 is 0 Å².